The van der Waals surface area contributed by atoms with E-state index in [4.69, 9.17) is 23.2 Å². The third kappa shape index (κ3) is 4.91. The predicted octanol–water partition coefficient (Wildman–Crippen LogP) is 7.98. The van der Waals surface area contributed by atoms with Crippen molar-refractivity contribution in [3.05, 3.63) is 80.8 Å². The first-order chi connectivity index (χ1) is 12.4. The van der Waals surface area contributed by atoms with Crippen LogP contribution in [0, 0.1) is 13.8 Å². The molecule has 1 N–H and O–H groups in total. The van der Waals surface area contributed by atoms with Gasteiger partial charge in [0.05, 0.1) is 10.0 Å². The van der Waals surface area contributed by atoms with Crippen LogP contribution in [0.15, 0.2) is 43.0 Å². The fraction of sp³-hybridized carbons (Fsp3) is 0.273. The van der Waals surface area contributed by atoms with Gasteiger partial charge in [-0.05, 0) is 62.6 Å². The summed E-state index contributed by atoms with van der Waals surface area (Å²) in [5.41, 5.74) is 1.02. The number of allylic oxidation sites excluding steroid dienone is 1. The van der Waals surface area contributed by atoms with Gasteiger partial charge in [0.2, 0.25) is 0 Å². The Hall–Kier alpha value is -1.84. The Morgan fingerprint density at radius 1 is 1.15 bits per heavy atom. The molecule has 0 aliphatic rings. The average molecular weight is 411 g/mol. The molecule has 0 aliphatic carbocycles. The summed E-state index contributed by atoms with van der Waals surface area (Å²) in [5.74, 6) is -1.51. The number of aliphatic hydroxyl groups excluding tert-OH is 1. The number of alkyl halides is 1. The van der Waals surface area contributed by atoms with Gasteiger partial charge < -0.3 is 5.11 Å². The predicted molar refractivity (Wildman–Crippen MR) is 111 cm³/mol. The van der Waals surface area contributed by atoms with Crippen LogP contribution in [-0.4, -0.2) is 10.8 Å². The highest BCUT2D eigenvalue weighted by Crippen LogP contribution is 2.39. The van der Waals surface area contributed by atoms with Gasteiger partial charge in [0.1, 0.15) is 17.3 Å². The Morgan fingerprint density at radius 3 is 2.26 bits per heavy atom. The van der Waals surface area contributed by atoms with Gasteiger partial charge in [-0.15, -0.1) is 0 Å². The Morgan fingerprint density at radius 2 is 1.78 bits per heavy atom. The van der Waals surface area contributed by atoms with E-state index in [0.717, 1.165) is 0 Å². The van der Waals surface area contributed by atoms with Crippen LogP contribution < -0.4 is 0 Å². The number of halogens is 4. The summed E-state index contributed by atoms with van der Waals surface area (Å²) < 4.78 is 29.8. The molecule has 0 amide bonds. The molecule has 2 rings (SSSR count). The zero-order valence-corrected chi connectivity index (χ0v) is 17.2. The fourth-order valence-electron chi connectivity index (χ4n) is 3.00. The SMILES string of the molecule is C=C(O)c1ccc(/C(F)=C/C(c2cc(C)c(Cl)c(Cl)c2)C(C)(C)F)cc1C. The zero-order chi connectivity index (χ0) is 20.5. The molecular weight excluding hydrogens is 389 g/mol. The lowest BCUT2D eigenvalue weighted by Gasteiger charge is -2.26. The van der Waals surface area contributed by atoms with Crippen LogP contribution in [0.3, 0.4) is 0 Å². The van der Waals surface area contributed by atoms with E-state index in [-0.39, 0.29) is 5.76 Å². The van der Waals surface area contributed by atoms with Gasteiger partial charge in [0, 0.05) is 17.0 Å². The molecule has 1 unspecified atom stereocenters. The molecular formula is C22H22Cl2F2O. The minimum absolute atomic E-state index is 0.0857. The topological polar surface area (TPSA) is 20.2 Å². The summed E-state index contributed by atoms with van der Waals surface area (Å²) in [5, 5.41) is 10.2. The standard InChI is InChI=1S/C22H22Cl2F2O/c1-12-8-15(6-7-17(12)14(3)27)20(25)11-18(22(4,5)26)16-9-13(2)21(24)19(23)10-16/h6-11,18,27H,3H2,1-2,4-5H3/b20-11-. The first-order valence-electron chi connectivity index (χ1n) is 8.43. The molecule has 0 saturated heterocycles. The van der Waals surface area contributed by atoms with Gasteiger partial charge in [0.25, 0.3) is 0 Å². The van der Waals surface area contributed by atoms with Gasteiger partial charge in [-0.2, -0.15) is 0 Å². The van der Waals surface area contributed by atoms with Crippen LogP contribution in [-0.2, 0) is 0 Å². The van der Waals surface area contributed by atoms with Crippen molar-refractivity contribution in [2.45, 2.75) is 39.3 Å². The van der Waals surface area contributed by atoms with Crippen molar-refractivity contribution >= 4 is 34.8 Å². The molecule has 2 aromatic rings. The van der Waals surface area contributed by atoms with Gasteiger partial charge in [-0.1, -0.05) is 48.0 Å². The van der Waals surface area contributed by atoms with Crippen molar-refractivity contribution in [2.24, 2.45) is 0 Å². The van der Waals surface area contributed by atoms with Gasteiger partial charge in [0.15, 0.2) is 0 Å². The molecule has 0 radical (unpaired) electrons. The normalized spacial score (nSPS) is 13.6. The number of hydrogen-bond acceptors (Lipinski definition) is 1. The smallest absolute Gasteiger partial charge is 0.127 e. The van der Waals surface area contributed by atoms with Crippen molar-refractivity contribution in [1.29, 1.82) is 0 Å². The molecule has 0 bridgehead atoms. The molecule has 2 aromatic carbocycles. The van der Waals surface area contributed by atoms with E-state index in [2.05, 4.69) is 6.58 Å². The first kappa shape index (κ1) is 21.5. The quantitative estimate of drug-likeness (QED) is 0.495. The number of hydrogen-bond donors (Lipinski definition) is 1. The lowest BCUT2D eigenvalue weighted by molar-refractivity contribution is 0.194. The molecule has 144 valence electrons. The van der Waals surface area contributed by atoms with Crippen molar-refractivity contribution in [2.75, 3.05) is 0 Å². The monoisotopic (exact) mass is 410 g/mol. The highest BCUT2D eigenvalue weighted by Gasteiger charge is 2.30. The second-order valence-electron chi connectivity index (χ2n) is 7.17. The summed E-state index contributed by atoms with van der Waals surface area (Å²) in [6, 6.07) is 7.98. The van der Waals surface area contributed by atoms with E-state index in [9.17, 15) is 13.9 Å². The number of benzene rings is 2. The molecule has 1 atom stereocenters. The van der Waals surface area contributed by atoms with Crippen LogP contribution in [0.5, 0.6) is 0 Å². The van der Waals surface area contributed by atoms with Gasteiger partial charge >= 0.3 is 0 Å². The van der Waals surface area contributed by atoms with Crippen LogP contribution in [0.2, 0.25) is 10.0 Å². The number of aliphatic hydroxyl groups is 1. The van der Waals surface area contributed by atoms with Crippen molar-refractivity contribution < 1.29 is 13.9 Å². The number of rotatable bonds is 5. The minimum Gasteiger partial charge on any atom is -0.508 e. The van der Waals surface area contributed by atoms with E-state index in [1.807, 2.05) is 0 Å². The van der Waals surface area contributed by atoms with E-state index < -0.39 is 17.4 Å². The second kappa shape index (κ2) is 8.04. The van der Waals surface area contributed by atoms with Crippen molar-refractivity contribution in [1.82, 2.24) is 0 Å². The highest BCUT2D eigenvalue weighted by molar-refractivity contribution is 6.42. The molecule has 0 heterocycles. The zero-order valence-electron chi connectivity index (χ0n) is 15.7. The van der Waals surface area contributed by atoms with Crippen molar-refractivity contribution in [3.63, 3.8) is 0 Å². The molecule has 0 fully saturated rings. The van der Waals surface area contributed by atoms with Gasteiger partial charge in [-0.25, -0.2) is 8.78 Å². The largest absolute Gasteiger partial charge is 0.508 e. The molecule has 1 nitrogen and oxygen atoms in total. The highest BCUT2D eigenvalue weighted by atomic mass is 35.5. The Kier molecular flexibility index (Phi) is 6.39. The molecule has 0 saturated carbocycles. The Bertz CT molecular complexity index is 888. The summed E-state index contributed by atoms with van der Waals surface area (Å²) in [7, 11) is 0. The maximum absolute atomic E-state index is 14.9. The average Bonchev–Trinajstić information content (AvgIpc) is 2.55. The molecule has 0 aliphatic heterocycles. The summed E-state index contributed by atoms with van der Waals surface area (Å²) in [6.45, 7) is 9.77. The fourth-order valence-corrected chi connectivity index (χ4v) is 3.39. The van der Waals surface area contributed by atoms with E-state index >= 15 is 0 Å². The lowest BCUT2D eigenvalue weighted by Crippen LogP contribution is -2.22. The van der Waals surface area contributed by atoms with Crippen LogP contribution in [0.1, 0.15) is 47.6 Å². The summed E-state index contributed by atoms with van der Waals surface area (Å²) >= 11 is 12.2. The second-order valence-corrected chi connectivity index (χ2v) is 7.95. The summed E-state index contributed by atoms with van der Waals surface area (Å²) in [4.78, 5) is 0. The molecule has 27 heavy (non-hydrogen) atoms. The third-order valence-electron chi connectivity index (χ3n) is 4.46. The van der Waals surface area contributed by atoms with Crippen LogP contribution >= 0.6 is 23.2 Å². The third-order valence-corrected chi connectivity index (χ3v) is 5.35. The molecule has 5 heteroatoms. The maximum Gasteiger partial charge on any atom is 0.127 e. The number of aryl methyl sites for hydroxylation is 2. The van der Waals surface area contributed by atoms with Crippen molar-refractivity contribution in [3.8, 4) is 0 Å². The van der Waals surface area contributed by atoms with E-state index in [0.29, 0.717) is 37.9 Å². The van der Waals surface area contributed by atoms with Gasteiger partial charge in [-0.3, -0.25) is 0 Å². The van der Waals surface area contributed by atoms with Crippen LogP contribution in [0.4, 0.5) is 8.78 Å². The lowest BCUT2D eigenvalue weighted by atomic mass is 9.84. The summed E-state index contributed by atoms with van der Waals surface area (Å²) in [6.07, 6.45) is 1.25. The molecule has 0 spiro atoms. The minimum atomic E-state index is -1.73. The Labute approximate surface area is 168 Å². The maximum atomic E-state index is 14.9. The van der Waals surface area contributed by atoms with E-state index in [1.165, 1.54) is 26.0 Å². The molecule has 0 aromatic heterocycles. The van der Waals surface area contributed by atoms with Crippen LogP contribution in [0.25, 0.3) is 11.6 Å². The Balaban J connectivity index is 2.53. The first-order valence-corrected chi connectivity index (χ1v) is 9.18. The van der Waals surface area contributed by atoms with E-state index in [1.54, 1.807) is 38.1 Å².